The average Bonchev–Trinajstić information content (AvgIpc) is 3.51. The van der Waals surface area contributed by atoms with Crippen LogP contribution in [0.25, 0.3) is 22.4 Å². The fourth-order valence-electron chi connectivity index (χ4n) is 7.59. The average molecular weight is 392 g/mol. The maximum atomic E-state index is 5.32. The van der Waals surface area contributed by atoms with Crippen LogP contribution >= 0.6 is 0 Å². The van der Waals surface area contributed by atoms with Gasteiger partial charge in [-0.15, -0.1) is 0 Å². The van der Waals surface area contributed by atoms with Gasteiger partial charge in [-0.3, -0.25) is 4.98 Å². The molecule has 4 unspecified atom stereocenters. The van der Waals surface area contributed by atoms with Gasteiger partial charge in [-0.2, -0.15) is 0 Å². The lowest BCUT2D eigenvalue weighted by Gasteiger charge is -2.27. The SMILES string of the molecule is CC12CCC(C)(C1)c1cc(-c3cc(-c4ccccc4)c4c(n3)C3CCC4C3)ccc12. The lowest BCUT2D eigenvalue weighted by Crippen LogP contribution is -2.18. The van der Waals surface area contributed by atoms with Crippen LogP contribution in [-0.4, -0.2) is 4.98 Å². The van der Waals surface area contributed by atoms with Gasteiger partial charge in [-0.1, -0.05) is 56.3 Å². The third kappa shape index (κ3) is 2.16. The van der Waals surface area contributed by atoms with E-state index in [0.29, 0.717) is 16.7 Å². The van der Waals surface area contributed by atoms with E-state index in [-0.39, 0.29) is 0 Å². The summed E-state index contributed by atoms with van der Waals surface area (Å²) in [5.41, 5.74) is 12.2. The first-order valence-electron chi connectivity index (χ1n) is 11.8. The Labute approximate surface area is 179 Å². The quantitative estimate of drug-likeness (QED) is 0.441. The molecule has 0 N–H and O–H groups in total. The molecule has 2 fully saturated rings. The van der Waals surface area contributed by atoms with Crippen molar-refractivity contribution in [3.63, 3.8) is 0 Å². The second kappa shape index (κ2) is 5.63. The maximum Gasteiger partial charge on any atom is 0.0711 e. The zero-order valence-electron chi connectivity index (χ0n) is 18.0. The number of hydrogen-bond donors (Lipinski definition) is 0. The van der Waals surface area contributed by atoms with Crippen LogP contribution in [0.5, 0.6) is 0 Å². The van der Waals surface area contributed by atoms with Crippen LogP contribution in [0, 0.1) is 0 Å². The number of rotatable bonds is 2. The van der Waals surface area contributed by atoms with E-state index in [1.54, 1.807) is 16.7 Å². The van der Waals surface area contributed by atoms with E-state index in [0.717, 1.165) is 5.92 Å². The van der Waals surface area contributed by atoms with Crippen molar-refractivity contribution in [2.75, 3.05) is 0 Å². The molecule has 0 aliphatic heterocycles. The third-order valence-electron chi connectivity index (χ3n) is 9.03. The summed E-state index contributed by atoms with van der Waals surface area (Å²) in [5.74, 6) is 1.39. The Hall–Kier alpha value is -2.41. The zero-order valence-corrected chi connectivity index (χ0v) is 18.0. The van der Waals surface area contributed by atoms with E-state index in [4.69, 9.17) is 4.98 Å². The number of aromatic nitrogens is 1. The van der Waals surface area contributed by atoms with Crippen LogP contribution < -0.4 is 0 Å². The van der Waals surface area contributed by atoms with Gasteiger partial charge < -0.3 is 0 Å². The van der Waals surface area contributed by atoms with Gasteiger partial charge in [0.15, 0.2) is 0 Å². The molecule has 30 heavy (non-hydrogen) atoms. The number of pyridine rings is 1. The van der Waals surface area contributed by atoms with Crippen LogP contribution in [0.3, 0.4) is 0 Å². The van der Waals surface area contributed by atoms with Crippen LogP contribution in [0.15, 0.2) is 54.6 Å². The Morgan fingerprint density at radius 1 is 0.800 bits per heavy atom. The molecule has 4 atom stereocenters. The van der Waals surface area contributed by atoms with Crippen molar-refractivity contribution in [2.45, 2.75) is 75.0 Å². The molecule has 4 bridgehead atoms. The molecule has 0 spiro atoms. The van der Waals surface area contributed by atoms with E-state index in [1.807, 2.05) is 0 Å². The summed E-state index contributed by atoms with van der Waals surface area (Å²) >= 11 is 0. The molecule has 7 rings (SSSR count). The Balaban J connectivity index is 1.43. The summed E-state index contributed by atoms with van der Waals surface area (Å²) in [6.07, 6.45) is 7.96. The molecule has 4 aliphatic carbocycles. The van der Waals surface area contributed by atoms with Crippen LogP contribution in [0.2, 0.25) is 0 Å². The predicted molar refractivity (Wildman–Crippen MR) is 123 cm³/mol. The fourth-order valence-corrected chi connectivity index (χ4v) is 7.59. The minimum absolute atomic E-state index is 0.359. The van der Waals surface area contributed by atoms with Gasteiger partial charge in [-0.05, 0) is 95.2 Å². The van der Waals surface area contributed by atoms with Crippen molar-refractivity contribution in [1.82, 2.24) is 4.98 Å². The van der Waals surface area contributed by atoms with Crippen LogP contribution in [0.1, 0.15) is 86.6 Å². The van der Waals surface area contributed by atoms with Crippen LogP contribution in [0.4, 0.5) is 0 Å². The van der Waals surface area contributed by atoms with Crippen molar-refractivity contribution in [2.24, 2.45) is 0 Å². The summed E-state index contributed by atoms with van der Waals surface area (Å²) in [6, 6.07) is 20.7. The van der Waals surface area contributed by atoms with Gasteiger partial charge in [0.05, 0.1) is 5.69 Å². The van der Waals surface area contributed by atoms with Gasteiger partial charge >= 0.3 is 0 Å². The topological polar surface area (TPSA) is 12.9 Å². The molecule has 150 valence electrons. The lowest BCUT2D eigenvalue weighted by atomic mass is 9.77. The predicted octanol–water partition coefficient (Wildman–Crippen LogP) is 7.49. The van der Waals surface area contributed by atoms with Crippen LogP contribution in [-0.2, 0) is 10.8 Å². The Bertz CT molecular complexity index is 1190. The first kappa shape index (κ1) is 17.3. The minimum Gasteiger partial charge on any atom is -0.252 e. The maximum absolute atomic E-state index is 5.32. The highest BCUT2D eigenvalue weighted by molar-refractivity contribution is 5.77. The zero-order chi connectivity index (χ0) is 20.1. The van der Waals surface area contributed by atoms with E-state index in [1.165, 1.54) is 66.6 Å². The Kier molecular flexibility index (Phi) is 3.25. The molecule has 3 aromatic rings. The van der Waals surface area contributed by atoms with E-state index in [9.17, 15) is 0 Å². The highest BCUT2D eigenvalue weighted by atomic mass is 14.8. The number of nitrogens with zero attached hydrogens (tertiary/aromatic N) is 1. The second-order valence-corrected chi connectivity index (χ2v) is 11.0. The molecule has 2 aromatic carbocycles. The highest BCUT2D eigenvalue weighted by Gasteiger charge is 2.52. The largest absolute Gasteiger partial charge is 0.252 e. The van der Waals surface area contributed by atoms with E-state index in [2.05, 4.69) is 68.4 Å². The summed E-state index contributed by atoms with van der Waals surface area (Å²) < 4.78 is 0. The van der Waals surface area contributed by atoms with Crippen molar-refractivity contribution >= 4 is 0 Å². The molecule has 0 saturated heterocycles. The standard InChI is InChI=1S/C29H29N/c1-28-12-13-29(2,17-28)24-15-19(10-11-23(24)28)25-16-22(18-6-4-3-5-7-18)26-20-8-9-21(14-20)27(26)30-25/h3-7,10-11,15-16,20-21H,8-9,12-14,17H2,1-2H3. The molecule has 0 amide bonds. The van der Waals surface area contributed by atoms with Crippen molar-refractivity contribution in [3.8, 4) is 22.4 Å². The van der Waals surface area contributed by atoms with Crippen molar-refractivity contribution < 1.29 is 0 Å². The fraction of sp³-hybridized carbons (Fsp3) is 0.414. The number of hydrogen-bond acceptors (Lipinski definition) is 1. The molecule has 1 heterocycles. The van der Waals surface area contributed by atoms with Gasteiger partial charge in [0.1, 0.15) is 0 Å². The molecule has 1 aromatic heterocycles. The molecular weight excluding hydrogens is 362 g/mol. The van der Waals surface area contributed by atoms with E-state index < -0.39 is 0 Å². The first-order chi connectivity index (χ1) is 14.5. The summed E-state index contributed by atoms with van der Waals surface area (Å²) in [5, 5.41) is 0. The Morgan fingerprint density at radius 3 is 2.40 bits per heavy atom. The van der Waals surface area contributed by atoms with Gasteiger partial charge in [0.2, 0.25) is 0 Å². The first-order valence-corrected chi connectivity index (χ1v) is 11.8. The molecule has 1 nitrogen and oxygen atoms in total. The number of benzene rings is 2. The van der Waals surface area contributed by atoms with Gasteiger partial charge in [-0.25, -0.2) is 0 Å². The summed E-state index contributed by atoms with van der Waals surface area (Å²) in [4.78, 5) is 5.32. The molecule has 1 heteroatoms. The van der Waals surface area contributed by atoms with Crippen molar-refractivity contribution in [3.05, 3.63) is 77.0 Å². The summed E-state index contributed by atoms with van der Waals surface area (Å²) in [7, 11) is 0. The smallest absolute Gasteiger partial charge is 0.0711 e. The number of fused-ring (bicyclic) bond motifs is 10. The third-order valence-corrected chi connectivity index (χ3v) is 9.03. The van der Waals surface area contributed by atoms with Gasteiger partial charge in [0, 0.05) is 17.2 Å². The van der Waals surface area contributed by atoms with Crippen molar-refractivity contribution in [1.29, 1.82) is 0 Å². The lowest BCUT2D eigenvalue weighted by molar-refractivity contribution is 0.484. The highest BCUT2D eigenvalue weighted by Crippen LogP contribution is 2.61. The molecular formula is C29H29N. The Morgan fingerprint density at radius 2 is 1.57 bits per heavy atom. The normalized spacial score (nSPS) is 32.5. The molecule has 2 saturated carbocycles. The summed E-state index contributed by atoms with van der Waals surface area (Å²) in [6.45, 7) is 4.96. The second-order valence-electron chi connectivity index (χ2n) is 11.0. The van der Waals surface area contributed by atoms with Gasteiger partial charge in [0.25, 0.3) is 0 Å². The molecule has 0 radical (unpaired) electrons. The molecule has 4 aliphatic rings. The van der Waals surface area contributed by atoms with E-state index >= 15 is 0 Å². The minimum atomic E-state index is 0.359. The monoisotopic (exact) mass is 391 g/mol.